The van der Waals surface area contributed by atoms with Crippen molar-refractivity contribution in [2.45, 2.75) is 45.1 Å². The van der Waals surface area contributed by atoms with Crippen molar-refractivity contribution in [2.24, 2.45) is 0 Å². The van der Waals surface area contributed by atoms with E-state index in [0.29, 0.717) is 5.92 Å². The van der Waals surface area contributed by atoms with Gasteiger partial charge in [-0.15, -0.1) is 0 Å². The molecule has 0 saturated heterocycles. The molecule has 0 unspecified atom stereocenters. The first-order valence-corrected chi connectivity index (χ1v) is 6.04. The van der Waals surface area contributed by atoms with E-state index in [0.717, 1.165) is 31.0 Å². The number of rotatable bonds is 1. The van der Waals surface area contributed by atoms with Crippen LogP contribution in [0.5, 0.6) is 5.88 Å². The molecule has 1 spiro atoms. The first-order chi connectivity index (χ1) is 7.61. The van der Waals surface area contributed by atoms with Crippen LogP contribution >= 0.6 is 0 Å². The minimum Gasteiger partial charge on any atom is -0.468 e. The summed E-state index contributed by atoms with van der Waals surface area (Å²) in [6, 6.07) is 0. The van der Waals surface area contributed by atoms with Crippen molar-refractivity contribution in [1.29, 1.82) is 0 Å². The predicted octanol–water partition coefficient (Wildman–Crippen LogP) is 2.85. The Kier molecular flexibility index (Phi) is 1.94. The van der Waals surface area contributed by atoms with E-state index in [-0.39, 0.29) is 5.60 Å². The number of nitrogens with one attached hydrogen (secondary N) is 1. The van der Waals surface area contributed by atoms with E-state index in [1.165, 1.54) is 11.1 Å². The van der Waals surface area contributed by atoms with Crippen LogP contribution in [0.1, 0.15) is 43.7 Å². The average molecular weight is 218 g/mol. The quantitative estimate of drug-likeness (QED) is 0.787. The maximum Gasteiger partial charge on any atom is 0.238 e. The van der Waals surface area contributed by atoms with Crippen molar-refractivity contribution < 1.29 is 4.74 Å². The molecule has 1 aromatic rings. The van der Waals surface area contributed by atoms with Crippen molar-refractivity contribution in [3.05, 3.63) is 17.3 Å². The second kappa shape index (κ2) is 3.12. The summed E-state index contributed by atoms with van der Waals surface area (Å²) < 4.78 is 5.97. The zero-order valence-electron chi connectivity index (χ0n) is 10.1. The SMILES string of the molecule is Cc1c(C(C)C)cnc2c1NCC1(CC1)O2. The van der Waals surface area contributed by atoms with Crippen molar-refractivity contribution in [1.82, 2.24) is 4.98 Å². The summed E-state index contributed by atoms with van der Waals surface area (Å²) in [6.45, 7) is 7.48. The fourth-order valence-corrected chi connectivity index (χ4v) is 2.37. The highest BCUT2D eigenvalue weighted by Crippen LogP contribution is 2.46. The van der Waals surface area contributed by atoms with Gasteiger partial charge in [-0.05, 0) is 36.8 Å². The summed E-state index contributed by atoms with van der Waals surface area (Å²) in [5.74, 6) is 1.31. The molecule has 0 radical (unpaired) electrons. The Morgan fingerprint density at radius 2 is 2.19 bits per heavy atom. The van der Waals surface area contributed by atoms with Crippen LogP contribution in [0.3, 0.4) is 0 Å². The molecular formula is C13H18N2O. The standard InChI is InChI=1S/C13H18N2O/c1-8(2)10-6-14-12-11(9(10)3)15-7-13(16-12)4-5-13/h6,8,15H,4-5,7H2,1-3H3. The average Bonchev–Trinajstić information content (AvgIpc) is 2.97. The summed E-state index contributed by atoms with van der Waals surface area (Å²) in [5, 5.41) is 3.49. The molecule has 1 aliphatic heterocycles. The van der Waals surface area contributed by atoms with Crippen molar-refractivity contribution >= 4 is 5.69 Å². The van der Waals surface area contributed by atoms with Crippen LogP contribution in [0.25, 0.3) is 0 Å². The van der Waals surface area contributed by atoms with Crippen LogP contribution in [0, 0.1) is 6.92 Å². The molecule has 86 valence electrons. The zero-order valence-corrected chi connectivity index (χ0v) is 10.1. The number of nitrogens with zero attached hydrogens (tertiary/aromatic N) is 1. The molecule has 2 heterocycles. The lowest BCUT2D eigenvalue weighted by molar-refractivity contribution is 0.175. The Balaban J connectivity index is 2.02. The molecule has 1 fully saturated rings. The maximum atomic E-state index is 5.97. The molecule has 0 aromatic carbocycles. The highest BCUT2D eigenvalue weighted by atomic mass is 16.5. The minimum atomic E-state index is 0.0752. The Hall–Kier alpha value is -1.25. The first kappa shape index (κ1) is 9.94. The van der Waals surface area contributed by atoms with Gasteiger partial charge in [0.25, 0.3) is 0 Å². The lowest BCUT2D eigenvalue weighted by Crippen LogP contribution is -2.33. The van der Waals surface area contributed by atoms with Gasteiger partial charge in [-0.1, -0.05) is 13.8 Å². The van der Waals surface area contributed by atoms with Gasteiger partial charge < -0.3 is 10.1 Å². The molecule has 3 nitrogen and oxygen atoms in total. The van der Waals surface area contributed by atoms with Crippen LogP contribution in [-0.4, -0.2) is 17.1 Å². The third-order valence-electron chi connectivity index (χ3n) is 3.67. The van der Waals surface area contributed by atoms with E-state index in [2.05, 4.69) is 31.1 Å². The van der Waals surface area contributed by atoms with Crippen molar-refractivity contribution in [2.75, 3.05) is 11.9 Å². The molecule has 1 aromatic heterocycles. The van der Waals surface area contributed by atoms with E-state index in [1.807, 2.05) is 6.20 Å². The fourth-order valence-electron chi connectivity index (χ4n) is 2.37. The fraction of sp³-hybridized carbons (Fsp3) is 0.615. The number of anilines is 1. The smallest absolute Gasteiger partial charge is 0.238 e. The van der Waals surface area contributed by atoms with Gasteiger partial charge in [-0.3, -0.25) is 0 Å². The van der Waals surface area contributed by atoms with E-state index < -0.39 is 0 Å². The summed E-state index contributed by atoms with van der Waals surface area (Å²) in [6.07, 6.45) is 4.28. The summed E-state index contributed by atoms with van der Waals surface area (Å²) >= 11 is 0. The van der Waals surface area contributed by atoms with Gasteiger partial charge in [0.1, 0.15) is 11.3 Å². The van der Waals surface area contributed by atoms with Gasteiger partial charge >= 0.3 is 0 Å². The maximum absolute atomic E-state index is 5.97. The predicted molar refractivity (Wildman–Crippen MR) is 64.1 cm³/mol. The van der Waals surface area contributed by atoms with E-state index in [9.17, 15) is 0 Å². The minimum absolute atomic E-state index is 0.0752. The monoisotopic (exact) mass is 218 g/mol. The number of hydrogen-bond acceptors (Lipinski definition) is 3. The third-order valence-corrected chi connectivity index (χ3v) is 3.67. The summed E-state index contributed by atoms with van der Waals surface area (Å²) in [4.78, 5) is 4.45. The van der Waals surface area contributed by atoms with Gasteiger partial charge in [0.05, 0.1) is 6.54 Å². The first-order valence-electron chi connectivity index (χ1n) is 6.04. The topological polar surface area (TPSA) is 34.2 Å². The Bertz CT molecular complexity index is 436. The van der Waals surface area contributed by atoms with Crippen LogP contribution in [-0.2, 0) is 0 Å². The van der Waals surface area contributed by atoms with Gasteiger partial charge in [-0.25, -0.2) is 4.98 Å². The number of hydrogen-bond donors (Lipinski definition) is 1. The lowest BCUT2D eigenvalue weighted by atomic mass is 9.99. The van der Waals surface area contributed by atoms with Crippen LogP contribution in [0.4, 0.5) is 5.69 Å². The van der Waals surface area contributed by atoms with Gasteiger partial charge in [0, 0.05) is 6.20 Å². The molecule has 1 aliphatic carbocycles. The number of aromatic nitrogens is 1. The highest BCUT2D eigenvalue weighted by molar-refractivity contribution is 5.63. The molecule has 3 heteroatoms. The van der Waals surface area contributed by atoms with E-state index in [4.69, 9.17) is 4.74 Å². The number of ether oxygens (including phenoxy) is 1. The van der Waals surface area contributed by atoms with Gasteiger partial charge in [0.15, 0.2) is 0 Å². The largest absolute Gasteiger partial charge is 0.468 e. The van der Waals surface area contributed by atoms with Crippen LogP contribution in [0.15, 0.2) is 6.20 Å². The lowest BCUT2D eigenvalue weighted by Gasteiger charge is -2.28. The summed E-state index contributed by atoms with van der Waals surface area (Å²) in [5.41, 5.74) is 3.77. The Morgan fingerprint density at radius 3 is 2.81 bits per heavy atom. The second-order valence-electron chi connectivity index (χ2n) is 5.31. The molecule has 0 amide bonds. The van der Waals surface area contributed by atoms with E-state index >= 15 is 0 Å². The van der Waals surface area contributed by atoms with Gasteiger partial charge in [-0.2, -0.15) is 0 Å². The van der Waals surface area contributed by atoms with Crippen LogP contribution in [0.2, 0.25) is 0 Å². The molecule has 2 aliphatic rings. The molecular weight excluding hydrogens is 200 g/mol. The number of pyridine rings is 1. The Morgan fingerprint density at radius 1 is 1.44 bits per heavy atom. The molecule has 0 atom stereocenters. The van der Waals surface area contributed by atoms with Crippen molar-refractivity contribution in [3.63, 3.8) is 0 Å². The number of fused-ring (bicyclic) bond motifs is 1. The highest BCUT2D eigenvalue weighted by Gasteiger charge is 2.48. The third kappa shape index (κ3) is 1.38. The zero-order chi connectivity index (χ0) is 11.3. The van der Waals surface area contributed by atoms with Gasteiger partial charge in [0.2, 0.25) is 5.88 Å². The molecule has 3 rings (SSSR count). The molecule has 0 bridgehead atoms. The van der Waals surface area contributed by atoms with Crippen molar-refractivity contribution in [3.8, 4) is 5.88 Å². The van der Waals surface area contributed by atoms with E-state index in [1.54, 1.807) is 0 Å². The second-order valence-corrected chi connectivity index (χ2v) is 5.31. The Labute approximate surface area is 96.2 Å². The molecule has 1 saturated carbocycles. The summed E-state index contributed by atoms with van der Waals surface area (Å²) in [7, 11) is 0. The molecule has 16 heavy (non-hydrogen) atoms. The van der Waals surface area contributed by atoms with Crippen LogP contribution < -0.4 is 10.1 Å². The normalized spacial score (nSPS) is 20.2. The molecule has 1 N–H and O–H groups in total.